The molecule has 2 N–H and O–H groups in total. The van der Waals surface area contributed by atoms with Gasteiger partial charge in [-0.05, 0) is 93.4 Å². The van der Waals surface area contributed by atoms with Crippen LogP contribution in [0.15, 0.2) is 0 Å². The zero-order valence-corrected chi connectivity index (χ0v) is 27.2. The van der Waals surface area contributed by atoms with Gasteiger partial charge in [-0.1, -0.05) is 26.7 Å². The lowest BCUT2D eigenvalue weighted by Crippen LogP contribution is -2.46. The Morgan fingerprint density at radius 1 is 0.389 bits per heavy atom. The van der Waals surface area contributed by atoms with Crippen molar-refractivity contribution < 1.29 is 26.6 Å². The Labute approximate surface area is 226 Å². The molecule has 0 bridgehead atoms. The summed E-state index contributed by atoms with van der Waals surface area (Å²) in [7, 11) is -4.81. The van der Waals surface area contributed by atoms with Crippen molar-refractivity contribution in [1.29, 1.82) is 0 Å². The Morgan fingerprint density at radius 3 is 0.861 bits per heavy atom. The molecule has 0 heterocycles. The summed E-state index contributed by atoms with van der Waals surface area (Å²) in [5, 5.41) is 6.88. The van der Waals surface area contributed by atoms with Gasteiger partial charge >= 0.3 is 17.6 Å². The lowest BCUT2D eigenvalue weighted by Gasteiger charge is -2.28. The molecule has 0 aromatic heterocycles. The highest BCUT2D eigenvalue weighted by molar-refractivity contribution is 6.61. The van der Waals surface area contributed by atoms with Gasteiger partial charge in [-0.15, -0.1) is 0 Å². The van der Waals surface area contributed by atoms with Crippen molar-refractivity contribution in [3.05, 3.63) is 0 Å². The Morgan fingerprint density at radius 2 is 0.639 bits per heavy atom. The molecule has 220 valence electrons. The quantitative estimate of drug-likeness (QED) is 0.105. The highest BCUT2D eigenvalue weighted by atomic mass is 28.4. The van der Waals surface area contributed by atoms with Crippen LogP contribution >= 0.6 is 0 Å². The van der Waals surface area contributed by atoms with Crippen molar-refractivity contribution in [3.63, 3.8) is 0 Å². The number of hydrogen-bond donors (Lipinski definition) is 2. The molecule has 0 saturated heterocycles. The number of nitrogens with one attached hydrogen (secondary N) is 2. The van der Waals surface area contributed by atoms with E-state index in [0.717, 1.165) is 51.1 Å². The SMILES string of the molecule is CCCCNCCC[Si](OCC)(OCC)OCC.CCCCNCCC[Si](OCC)(OCC)OCC. The normalized spacial score (nSPS) is 12.0. The number of hydrogen-bond acceptors (Lipinski definition) is 8. The molecule has 0 fully saturated rings. The second-order valence-corrected chi connectivity index (χ2v) is 13.8. The lowest BCUT2D eigenvalue weighted by atomic mass is 10.3. The van der Waals surface area contributed by atoms with Crippen LogP contribution in [0.3, 0.4) is 0 Å². The predicted molar refractivity (Wildman–Crippen MR) is 156 cm³/mol. The summed E-state index contributed by atoms with van der Waals surface area (Å²) in [6, 6.07) is 1.81. The summed E-state index contributed by atoms with van der Waals surface area (Å²) in [5.74, 6) is 0. The van der Waals surface area contributed by atoms with Gasteiger partial charge in [0.25, 0.3) is 0 Å². The molecule has 8 nitrogen and oxygen atoms in total. The smallest absolute Gasteiger partial charge is 0.374 e. The van der Waals surface area contributed by atoms with E-state index in [2.05, 4.69) is 24.5 Å². The van der Waals surface area contributed by atoms with Crippen molar-refractivity contribution in [3.8, 4) is 0 Å². The summed E-state index contributed by atoms with van der Waals surface area (Å²) in [4.78, 5) is 0. The minimum Gasteiger partial charge on any atom is -0.374 e. The van der Waals surface area contributed by atoms with Gasteiger partial charge in [-0.25, -0.2) is 0 Å². The maximum absolute atomic E-state index is 5.80. The molecule has 0 saturated carbocycles. The zero-order chi connectivity index (χ0) is 27.4. The Kier molecular flexibility index (Phi) is 29.9. The van der Waals surface area contributed by atoms with Crippen LogP contribution in [0.5, 0.6) is 0 Å². The van der Waals surface area contributed by atoms with Crippen molar-refractivity contribution >= 4 is 17.6 Å². The van der Waals surface area contributed by atoms with Gasteiger partial charge in [0.15, 0.2) is 0 Å². The van der Waals surface area contributed by atoms with Gasteiger partial charge in [0.05, 0.1) is 0 Å². The molecule has 36 heavy (non-hydrogen) atoms. The molecule has 0 rings (SSSR count). The van der Waals surface area contributed by atoms with Crippen LogP contribution in [0.25, 0.3) is 0 Å². The third-order valence-corrected chi connectivity index (χ3v) is 11.6. The molecular weight excluding hydrogens is 492 g/mol. The van der Waals surface area contributed by atoms with E-state index in [1.165, 1.54) is 25.7 Å². The highest BCUT2D eigenvalue weighted by Gasteiger charge is 2.40. The van der Waals surface area contributed by atoms with Crippen molar-refractivity contribution in [1.82, 2.24) is 10.6 Å². The zero-order valence-electron chi connectivity index (χ0n) is 25.2. The molecule has 0 aliphatic rings. The van der Waals surface area contributed by atoms with E-state index < -0.39 is 17.6 Å². The standard InChI is InChI=1S/2C13H31NO3Si/c2*1-5-9-11-14-12-10-13-18(15-6-2,16-7-3)17-8-4/h2*14H,5-13H2,1-4H3. The molecule has 10 heteroatoms. The maximum atomic E-state index is 5.80. The summed E-state index contributed by atoms with van der Waals surface area (Å²) in [5.41, 5.74) is 0. The molecule has 0 aliphatic carbocycles. The Hall–Kier alpha value is 0.114. The summed E-state index contributed by atoms with van der Waals surface area (Å²) < 4.78 is 34.8. The average Bonchev–Trinajstić information content (AvgIpc) is 2.85. The molecule has 0 amide bonds. The molecule has 0 aromatic rings. The first kappa shape index (κ1) is 38.3. The maximum Gasteiger partial charge on any atom is 0.500 e. The fourth-order valence-corrected chi connectivity index (χ4v) is 8.94. The lowest BCUT2D eigenvalue weighted by molar-refractivity contribution is 0.0700. The first-order valence-electron chi connectivity index (χ1n) is 14.7. The van der Waals surface area contributed by atoms with Crippen LogP contribution in [-0.2, 0) is 26.6 Å². The van der Waals surface area contributed by atoms with E-state index in [-0.39, 0.29) is 0 Å². The molecular formula is C26H62N2O6Si2. The van der Waals surface area contributed by atoms with E-state index in [9.17, 15) is 0 Å². The average molecular weight is 555 g/mol. The largest absolute Gasteiger partial charge is 0.500 e. The number of unbranched alkanes of at least 4 members (excludes halogenated alkanes) is 2. The minimum absolute atomic E-state index is 0.662. The minimum atomic E-state index is -2.40. The summed E-state index contributed by atoms with van der Waals surface area (Å²) in [6.07, 6.45) is 7.06. The fraction of sp³-hybridized carbons (Fsp3) is 1.00. The van der Waals surface area contributed by atoms with Crippen LogP contribution in [-0.4, -0.2) is 83.4 Å². The van der Waals surface area contributed by atoms with E-state index in [4.69, 9.17) is 26.6 Å². The van der Waals surface area contributed by atoms with E-state index >= 15 is 0 Å². The van der Waals surface area contributed by atoms with Gasteiger partial charge < -0.3 is 37.2 Å². The second-order valence-electron chi connectivity index (χ2n) is 8.38. The first-order valence-corrected chi connectivity index (χ1v) is 18.6. The highest BCUT2D eigenvalue weighted by Crippen LogP contribution is 2.18. The summed E-state index contributed by atoms with van der Waals surface area (Å²) in [6.45, 7) is 24.6. The third-order valence-electron chi connectivity index (χ3n) is 5.27. The van der Waals surface area contributed by atoms with E-state index in [1.807, 2.05) is 41.5 Å². The molecule has 0 radical (unpaired) electrons. The van der Waals surface area contributed by atoms with Gasteiger partial charge in [0, 0.05) is 51.7 Å². The van der Waals surface area contributed by atoms with E-state index in [0.29, 0.717) is 39.6 Å². The fourth-order valence-electron chi connectivity index (χ4n) is 3.72. The molecule has 0 spiro atoms. The summed E-state index contributed by atoms with van der Waals surface area (Å²) >= 11 is 0. The molecule has 0 aliphatic heterocycles. The van der Waals surface area contributed by atoms with Crippen LogP contribution in [0.1, 0.15) is 93.9 Å². The predicted octanol–water partition coefficient (Wildman–Crippen LogP) is 5.63. The van der Waals surface area contributed by atoms with Gasteiger partial charge in [-0.2, -0.15) is 0 Å². The molecule has 0 atom stereocenters. The van der Waals surface area contributed by atoms with Gasteiger partial charge in [0.2, 0.25) is 0 Å². The Bertz CT molecular complexity index is 367. The molecule has 0 aromatic carbocycles. The van der Waals surface area contributed by atoms with E-state index in [1.54, 1.807) is 0 Å². The monoisotopic (exact) mass is 554 g/mol. The van der Waals surface area contributed by atoms with Crippen LogP contribution in [0, 0.1) is 0 Å². The second kappa shape index (κ2) is 28.1. The topological polar surface area (TPSA) is 79.4 Å². The number of rotatable bonds is 26. The van der Waals surface area contributed by atoms with Crippen LogP contribution in [0.2, 0.25) is 12.1 Å². The van der Waals surface area contributed by atoms with Gasteiger partial charge in [-0.3, -0.25) is 0 Å². The third kappa shape index (κ3) is 21.1. The van der Waals surface area contributed by atoms with Crippen LogP contribution < -0.4 is 10.6 Å². The van der Waals surface area contributed by atoms with Crippen LogP contribution in [0.4, 0.5) is 0 Å². The first-order chi connectivity index (χ1) is 17.5. The van der Waals surface area contributed by atoms with Crippen molar-refractivity contribution in [2.75, 3.05) is 65.8 Å². The van der Waals surface area contributed by atoms with Crippen molar-refractivity contribution in [2.45, 2.75) is 106 Å². The molecule has 0 unspecified atom stereocenters. The van der Waals surface area contributed by atoms with Gasteiger partial charge in [0.1, 0.15) is 0 Å². The van der Waals surface area contributed by atoms with Crippen molar-refractivity contribution in [2.24, 2.45) is 0 Å². The Balaban J connectivity index is 0.